The van der Waals surface area contributed by atoms with Crippen LogP contribution in [0.15, 0.2) is 24.3 Å². The van der Waals surface area contributed by atoms with Gasteiger partial charge in [-0.1, -0.05) is 12.1 Å². The van der Waals surface area contributed by atoms with Crippen molar-refractivity contribution in [3.63, 3.8) is 0 Å². The molecule has 0 aromatic heterocycles. The van der Waals surface area contributed by atoms with Gasteiger partial charge in [0.05, 0.1) is 0 Å². The lowest BCUT2D eigenvalue weighted by molar-refractivity contribution is 0.244. The molecule has 3 rings (SSSR count). The Labute approximate surface area is 116 Å². The Morgan fingerprint density at radius 2 is 1.79 bits per heavy atom. The largest absolute Gasteiger partial charge is 0.372 e. The third-order valence-electron chi connectivity index (χ3n) is 4.31. The van der Waals surface area contributed by atoms with E-state index in [1.165, 1.54) is 63.2 Å². The lowest BCUT2D eigenvalue weighted by Crippen LogP contribution is -2.44. The first kappa shape index (κ1) is 12.9. The molecule has 0 amide bonds. The molecule has 3 nitrogen and oxygen atoms in total. The van der Waals surface area contributed by atoms with Crippen molar-refractivity contribution in [1.29, 1.82) is 0 Å². The summed E-state index contributed by atoms with van der Waals surface area (Å²) in [7, 11) is 0. The maximum absolute atomic E-state index is 3.41. The number of piperazine rings is 1. The molecule has 0 bridgehead atoms. The molecule has 2 saturated heterocycles. The van der Waals surface area contributed by atoms with Gasteiger partial charge in [-0.15, -0.1) is 0 Å². The maximum Gasteiger partial charge on any atom is 0.0368 e. The Bertz CT molecular complexity index is 393. The summed E-state index contributed by atoms with van der Waals surface area (Å²) in [5, 5.41) is 3.41. The Hall–Kier alpha value is -1.06. The highest BCUT2D eigenvalue weighted by Crippen LogP contribution is 2.21. The highest BCUT2D eigenvalue weighted by molar-refractivity contribution is 5.49. The van der Waals surface area contributed by atoms with Gasteiger partial charge < -0.3 is 15.1 Å². The fourth-order valence-corrected chi connectivity index (χ4v) is 3.11. The summed E-state index contributed by atoms with van der Waals surface area (Å²) in [4.78, 5) is 5.09. The minimum absolute atomic E-state index is 1.15. The van der Waals surface area contributed by atoms with Gasteiger partial charge in [0.2, 0.25) is 0 Å². The lowest BCUT2D eigenvalue weighted by Gasteiger charge is -2.27. The number of hydrogen-bond donors (Lipinski definition) is 1. The van der Waals surface area contributed by atoms with Gasteiger partial charge in [-0.05, 0) is 37.0 Å². The Balaban J connectivity index is 1.56. The first-order valence-electron chi connectivity index (χ1n) is 7.69. The van der Waals surface area contributed by atoms with Crippen LogP contribution in [0.1, 0.15) is 18.4 Å². The summed E-state index contributed by atoms with van der Waals surface area (Å²) in [6, 6.07) is 9.16. The first-order chi connectivity index (χ1) is 9.42. The van der Waals surface area contributed by atoms with Crippen molar-refractivity contribution in [3.8, 4) is 0 Å². The normalized spacial score (nSPS) is 20.9. The molecule has 0 unspecified atom stereocenters. The first-order valence-corrected chi connectivity index (χ1v) is 7.69. The summed E-state index contributed by atoms with van der Waals surface area (Å²) in [5.41, 5.74) is 2.92. The van der Waals surface area contributed by atoms with Crippen molar-refractivity contribution in [1.82, 2.24) is 10.2 Å². The highest BCUT2D eigenvalue weighted by Gasteiger charge is 2.13. The van der Waals surface area contributed by atoms with Crippen LogP contribution in [0.3, 0.4) is 0 Å². The number of rotatable bonds is 4. The molecule has 1 aromatic rings. The maximum atomic E-state index is 3.41. The van der Waals surface area contributed by atoms with E-state index in [0.717, 1.165) is 13.1 Å². The zero-order valence-electron chi connectivity index (χ0n) is 11.8. The van der Waals surface area contributed by atoms with E-state index in [-0.39, 0.29) is 0 Å². The molecule has 0 radical (unpaired) electrons. The van der Waals surface area contributed by atoms with Crippen LogP contribution in [0.2, 0.25) is 0 Å². The van der Waals surface area contributed by atoms with E-state index in [1.807, 2.05) is 0 Å². The Morgan fingerprint density at radius 3 is 2.58 bits per heavy atom. The standard InChI is InChI=1S/C16H25N3/c1-2-10-19(9-1)16-5-3-4-15(14-16)6-11-18-12-7-17-8-13-18/h3-5,14,17H,1-2,6-13H2. The van der Waals surface area contributed by atoms with Crippen molar-refractivity contribution in [3.05, 3.63) is 29.8 Å². The van der Waals surface area contributed by atoms with E-state index in [4.69, 9.17) is 0 Å². The fourth-order valence-electron chi connectivity index (χ4n) is 3.11. The van der Waals surface area contributed by atoms with E-state index in [1.54, 1.807) is 0 Å². The van der Waals surface area contributed by atoms with E-state index in [9.17, 15) is 0 Å². The monoisotopic (exact) mass is 259 g/mol. The van der Waals surface area contributed by atoms with E-state index in [2.05, 4.69) is 39.4 Å². The van der Waals surface area contributed by atoms with Crippen molar-refractivity contribution >= 4 is 5.69 Å². The van der Waals surface area contributed by atoms with Crippen LogP contribution in [-0.4, -0.2) is 50.7 Å². The molecule has 2 heterocycles. The summed E-state index contributed by atoms with van der Waals surface area (Å²) >= 11 is 0. The minimum atomic E-state index is 1.15. The smallest absolute Gasteiger partial charge is 0.0368 e. The Kier molecular flexibility index (Phi) is 4.36. The van der Waals surface area contributed by atoms with Crippen LogP contribution in [0.5, 0.6) is 0 Å². The number of hydrogen-bond acceptors (Lipinski definition) is 3. The molecule has 104 valence electrons. The zero-order chi connectivity index (χ0) is 12.9. The van der Waals surface area contributed by atoms with Gasteiger partial charge in [0.25, 0.3) is 0 Å². The van der Waals surface area contributed by atoms with Gasteiger partial charge in [0.1, 0.15) is 0 Å². The SMILES string of the molecule is c1cc(CCN2CCNCC2)cc(N2CCCC2)c1. The highest BCUT2D eigenvalue weighted by atomic mass is 15.2. The van der Waals surface area contributed by atoms with Gasteiger partial charge in [0.15, 0.2) is 0 Å². The zero-order valence-corrected chi connectivity index (χ0v) is 11.8. The number of nitrogens with zero attached hydrogens (tertiary/aromatic N) is 2. The van der Waals surface area contributed by atoms with Crippen LogP contribution in [0, 0.1) is 0 Å². The molecule has 0 atom stereocenters. The van der Waals surface area contributed by atoms with Crippen molar-refractivity contribution in [2.45, 2.75) is 19.3 Å². The molecule has 2 aliphatic heterocycles. The van der Waals surface area contributed by atoms with Crippen molar-refractivity contribution in [2.24, 2.45) is 0 Å². The minimum Gasteiger partial charge on any atom is -0.372 e. The lowest BCUT2D eigenvalue weighted by atomic mass is 10.1. The molecule has 0 spiro atoms. The number of anilines is 1. The second-order valence-electron chi connectivity index (χ2n) is 5.71. The molecule has 0 saturated carbocycles. The van der Waals surface area contributed by atoms with Crippen LogP contribution >= 0.6 is 0 Å². The summed E-state index contributed by atoms with van der Waals surface area (Å²) < 4.78 is 0. The van der Waals surface area contributed by atoms with Crippen LogP contribution in [0.25, 0.3) is 0 Å². The van der Waals surface area contributed by atoms with E-state index in [0.29, 0.717) is 0 Å². The van der Waals surface area contributed by atoms with Gasteiger partial charge >= 0.3 is 0 Å². The molecule has 19 heavy (non-hydrogen) atoms. The molecule has 1 N–H and O–H groups in total. The molecule has 2 aliphatic rings. The molecule has 3 heteroatoms. The van der Waals surface area contributed by atoms with E-state index >= 15 is 0 Å². The predicted molar refractivity (Wildman–Crippen MR) is 80.9 cm³/mol. The predicted octanol–water partition coefficient (Wildman–Crippen LogP) is 1.73. The third kappa shape index (κ3) is 3.48. The van der Waals surface area contributed by atoms with Crippen molar-refractivity contribution in [2.75, 3.05) is 50.7 Å². The van der Waals surface area contributed by atoms with Crippen molar-refractivity contribution < 1.29 is 0 Å². The summed E-state index contributed by atoms with van der Waals surface area (Å²) in [5.74, 6) is 0. The van der Waals surface area contributed by atoms with E-state index < -0.39 is 0 Å². The summed E-state index contributed by atoms with van der Waals surface area (Å²) in [6.07, 6.45) is 3.89. The average Bonchev–Trinajstić information content (AvgIpc) is 3.01. The second-order valence-corrected chi connectivity index (χ2v) is 5.71. The third-order valence-corrected chi connectivity index (χ3v) is 4.31. The number of nitrogens with one attached hydrogen (secondary N) is 1. The number of benzene rings is 1. The average molecular weight is 259 g/mol. The van der Waals surface area contributed by atoms with Gasteiger partial charge in [0, 0.05) is 51.5 Å². The summed E-state index contributed by atoms with van der Waals surface area (Å²) in [6.45, 7) is 8.37. The quantitative estimate of drug-likeness (QED) is 0.888. The van der Waals surface area contributed by atoms with Crippen LogP contribution < -0.4 is 10.2 Å². The Morgan fingerprint density at radius 1 is 1.00 bits per heavy atom. The topological polar surface area (TPSA) is 18.5 Å². The van der Waals surface area contributed by atoms with Crippen LogP contribution in [-0.2, 0) is 6.42 Å². The molecule has 1 aromatic carbocycles. The molecule has 2 fully saturated rings. The van der Waals surface area contributed by atoms with Gasteiger partial charge in [-0.3, -0.25) is 0 Å². The molecular formula is C16H25N3. The van der Waals surface area contributed by atoms with Crippen LogP contribution in [0.4, 0.5) is 5.69 Å². The molecular weight excluding hydrogens is 234 g/mol. The van der Waals surface area contributed by atoms with Gasteiger partial charge in [-0.25, -0.2) is 0 Å². The molecule has 0 aliphatic carbocycles. The second kappa shape index (κ2) is 6.40. The van der Waals surface area contributed by atoms with Gasteiger partial charge in [-0.2, -0.15) is 0 Å². The fraction of sp³-hybridized carbons (Fsp3) is 0.625.